The first kappa shape index (κ1) is 18.5. The van der Waals surface area contributed by atoms with E-state index in [2.05, 4.69) is 10.6 Å². The van der Waals surface area contributed by atoms with Gasteiger partial charge >= 0.3 is 6.03 Å². The molecule has 2 amide bonds. The van der Waals surface area contributed by atoms with Gasteiger partial charge in [-0.2, -0.15) is 0 Å². The van der Waals surface area contributed by atoms with Gasteiger partial charge in [0.2, 0.25) is 0 Å². The molecule has 6 heteroatoms. The van der Waals surface area contributed by atoms with Crippen LogP contribution in [-0.2, 0) is 19.6 Å². The van der Waals surface area contributed by atoms with E-state index < -0.39 is 0 Å². The van der Waals surface area contributed by atoms with Crippen LogP contribution in [0.1, 0.15) is 16.8 Å². The lowest BCUT2D eigenvalue weighted by atomic mass is 10.2. The lowest BCUT2D eigenvalue weighted by molar-refractivity contribution is 0.240. The van der Waals surface area contributed by atoms with E-state index in [0.717, 1.165) is 22.6 Å². The van der Waals surface area contributed by atoms with Gasteiger partial charge in [-0.25, -0.2) is 9.18 Å². The number of urea groups is 1. The summed E-state index contributed by atoms with van der Waals surface area (Å²) in [5.41, 5.74) is 2.93. The third kappa shape index (κ3) is 5.34. The van der Waals surface area contributed by atoms with E-state index in [1.54, 1.807) is 19.2 Å². The molecule has 3 rings (SSSR count). The summed E-state index contributed by atoms with van der Waals surface area (Å²) in [5, 5.41) is 5.69. The fourth-order valence-corrected chi connectivity index (χ4v) is 2.75. The number of hydrogen-bond donors (Lipinski definition) is 2. The van der Waals surface area contributed by atoms with E-state index in [1.165, 1.54) is 12.1 Å². The Kier molecular flexibility index (Phi) is 6.10. The topological polar surface area (TPSA) is 55.3 Å². The minimum Gasteiger partial charge on any atom is -0.497 e. The predicted octanol–water partition coefficient (Wildman–Crippen LogP) is 3.68. The predicted molar refractivity (Wildman–Crippen MR) is 102 cm³/mol. The lowest BCUT2D eigenvalue weighted by Crippen LogP contribution is -2.35. The Morgan fingerprint density at radius 2 is 1.78 bits per heavy atom. The molecule has 3 aromatic rings. The fraction of sp³-hybridized carbons (Fsp3) is 0.190. The first-order chi connectivity index (χ1) is 13.1. The smallest absolute Gasteiger partial charge is 0.315 e. The molecule has 0 bridgehead atoms. The standard InChI is InChI=1S/C21H22FN3O2/c1-27-20-6-2-4-17(12-20)13-23-21(26)24-14-19-5-3-11-25(19)15-16-7-9-18(22)10-8-16/h2-12H,13-15H2,1H3,(H2,23,24,26). The third-order valence-corrected chi connectivity index (χ3v) is 4.21. The van der Waals surface area contributed by atoms with Crippen LogP contribution in [0.5, 0.6) is 5.75 Å². The highest BCUT2D eigenvalue weighted by atomic mass is 19.1. The lowest BCUT2D eigenvalue weighted by Gasteiger charge is -2.12. The number of hydrogen-bond acceptors (Lipinski definition) is 2. The quantitative estimate of drug-likeness (QED) is 0.669. The summed E-state index contributed by atoms with van der Waals surface area (Å²) < 4.78 is 20.2. The van der Waals surface area contributed by atoms with Crippen molar-refractivity contribution in [3.05, 3.63) is 89.5 Å². The van der Waals surface area contributed by atoms with Crippen LogP contribution in [0.15, 0.2) is 66.9 Å². The number of rotatable bonds is 7. The number of carbonyl (C=O) groups excluding carboxylic acids is 1. The number of nitrogens with one attached hydrogen (secondary N) is 2. The molecule has 140 valence electrons. The zero-order valence-electron chi connectivity index (χ0n) is 15.1. The Balaban J connectivity index is 1.50. The number of amides is 2. The number of aromatic nitrogens is 1. The van der Waals surface area contributed by atoms with Crippen molar-refractivity contribution >= 4 is 6.03 Å². The molecule has 1 heterocycles. The SMILES string of the molecule is COc1cccc(CNC(=O)NCc2cccn2Cc2ccc(F)cc2)c1. The average Bonchev–Trinajstić information content (AvgIpc) is 3.13. The second kappa shape index (κ2) is 8.89. The second-order valence-electron chi connectivity index (χ2n) is 6.14. The molecule has 0 saturated heterocycles. The molecule has 0 spiro atoms. The minimum absolute atomic E-state index is 0.243. The summed E-state index contributed by atoms with van der Waals surface area (Å²) in [5.74, 6) is 0.509. The van der Waals surface area contributed by atoms with Crippen molar-refractivity contribution in [2.24, 2.45) is 0 Å². The summed E-state index contributed by atoms with van der Waals surface area (Å²) in [4.78, 5) is 12.1. The van der Waals surface area contributed by atoms with Crippen LogP contribution in [0, 0.1) is 5.82 Å². The zero-order valence-corrected chi connectivity index (χ0v) is 15.1. The second-order valence-corrected chi connectivity index (χ2v) is 6.14. The number of benzene rings is 2. The summed E-state index contributed by atoms with van der Waals surface area (Å²) >= 11 is 0. The van der Waals surface area contributed by atoms with E-state index in [4.69, 9.17) is 4.74 Å². The van der Waals surface area contributed by atoms with Gasteiger partial charge in [0.25, 0.3) is 0 Å². The molecule has 1 aromatic heterocycles. The summed E-state index contributed by atoms with van der Waals surface area (Å²) in [6.45, 7) is 1.44. The van der Waals surface area contributed by atoms with Gasteiger partial charge in [-0.3, -0.25) is 0 Å². The van der Waals surface area contributed by atoms with Gasteiger partial charge < -0.3 is 19.9 Å². The van der Waals surface area contributed by atoms with Crippen LogP contribution >= 0.6 is 0 Å². The number of methoxy groups -OCH3 is 1. The molecule has 0 fully saturated rings. The average molecular weight is 367 g/mol. The maximum atomic E-state index is 13.0. The van der Waals surface area contributed by atoms with E-state index in [-0.39, 0.29) is 11.8 Å². The van der Waals surface area contributed by atoms with Gasteiger partial charge in [-0.1, -0.05) is 24.3 Å². The third-order valence-electron chi connectivity index (χ3n) is 4.21. The normalized spacial score (nSPS) is 10.4. The summed E-state index contributed by atoms with van der Waals surface area (Å²) in [6.07, 6.45) is 1.94. The monoisotopic (exact) mass is 367 g/mol. The van der Waals surface area contributed by atoms with Gasteiger partial charge in [-0.05, 0) is 47.5 Å². The maximum absolute atomic E-state index is 13.0. The molecule has 2 N–H and O–H groups in total. The van der Waals surface area contributed by atoms with Gasteiger partial charge in [0.05, 0.1) is 13.7 Å². The van der Waals surface area contributed by atoms with E-state index in [9.17, 15) is 9.18 Å². The highest BCUT2D eigenvalue weighted by molar-refractivity contribution is 5.73. The molecule has 0 atom stereocenters. The van der Waals surface area contributed by atoms with Crippen molar-refractivity contribution in [3.63, 3.8) is 0 Å². The first-order valence-electron chi connectivity index (χ1n) is 8.67. The van der Waals surface area contributed by atoms with E-state index >= 15 is 0 Å². The zero-order chi connectivity index (χ0) is 19.1. The number of nitrogens with zero attached hydrogens (tertiary/aromatic N) is 1. The molecule has 0 unspecified atom stereocenters. The largest absolute Gasteiger partial charge is 0.497 e. The summed E-state index contributed by atoms with van der Waals surface area (Å²) in [6, 6.07) is 17.6. The molecule has 0 aliphatic rings. The van der Waals surface area contributed by atoms with Gasteiger partial charge in [0, 0.05) is 25.0 Å². The van der Waals surface area contributed by atoms with Gasteiger partial charge in [0.15, 0.2) is 0 Å². The summed E-state index contributed by atoms with van der Waals surface area (Å²) in [7, 11) is 1.61. The highest BCUT2D eigenvalue weighted by Gasteiger charge is 2.06. The Hall–Kier alpha value is -3.28. The Labute approximate surface area is 157 Å². The van der Waals surface area contributed by atoms with Gasteiger partial charge in [-0.15, -0.1) is 0 Å². The van der Waals surface area contributed by atoms with Crippen molar-refractivity contribution in [1.82, 2.24) is 15.2 Å². The van der Waals surface area contributed by atoms with Crippen LogP contribution in [0.2, 0.25) is 0 Å². The molecular weight excluding hydrogens is 345 g/mol. The fourth-order valence-electron chi connectivity index (χ4n) is 2.75. The van der Waals surface area contributed by atoms with Crippen LogP contribution in [-0.4, -0.2) is 17.7 Å². The van der Waals surface area contributed by atoms with E-state index in [0.29, 0.717) is 19.6 Å². The number of carbonyl (C=O) groups is 1. The molecule has 0 aliphatic carbocycles. The molecule has 27 heavy (non-hydrogen) atoms. The van der Waals surface area contributed by atoms with Crippen molar-refractivity contribution in [3.8, 4) is 5.75 Å². The van der Waals surface area contributed by atoms with Crippen LogP contribution in [0.4, 0.5) is 9.18 Å². The maximum Gasteiger partial charge on any atom is 0.315 e. The Morgan fingerprint density at radius 1 is 1.00 bits per heavy atom. The molecule has 2 aromatic carbocycles. The van der Waals surface area contributed by atoms with Crippen molar-refractivity contribution in [1.29, 1.82) is 0 Å². The Morgan fingerprint density at radius 3 is 2.56 bits per heavy atom. The number of halogens is 1. The van der Waals surface area contributed by atoms with Gasteiger partial charge in [0.1, 0.15) is 11.6 Å². The highest BCUT2D eigenvalue weighted by Crippen LogP contribution is 2.12. The first-order valence-corrected chi connectivity index (χ1v) is 8.67. The molecule has 0 saturated carbocycles. The minimum atomic E-state index is -0.249. The van der Waals surface area contributed by atoms with Crippen LogP contribution in [0.3, 0.4) is 0 Å². The van der Waals surface area contributed by atoms with Crippen molar-refractivity contribution in [2.45, 2.75) is 19.6 Å². The number of ether oxygens (including phenoxy) is 1. The molecule has 5 nitrogen and oxygen atoms in total. The molecular formula is C21H22FN3O2. The molecule has 0 radical (unpaired) electrons. The van der Waals surface area contributed by atoms with Crippen LogP contribution < -0.4 is 15.4 Å². The van der Waals surface area contributed by atoms with Crippen LogP contribution in [0.25, 0.3) is 0 Å². The van der Waals surface area contributed by atoms with Crippen molar-refractivity contribution in [2.75, 3.05) is 7.11 Å². The molecule has 0 aliphatic heterocycles. The van der Waals surface area contributed by atoms with E-state index in [1.807, 2.05) is 47.2 Å². The van der Waals surface area contributed by atoms with Crippen molar-refractivity contribution < 1.29 is 13.9 Å². The Bertz CT molecular complexity index is 890.